The van der Waals surface area contributed by atoms with Crippen molar-refractivity contribution in [2.24, 2.45) is 0 Å². The zero-order valence-corrected chi connectivity index (χ0v) is 13.3. The van der Waals surface area contributed by atoms with Crippen LogP contribution in [-0.4, -0.2) is 23.1 Å². The van der Waals surface area contributed by atoms with Gasteiger partial charge in [0.25, 0.3) is 0 Å². The molecule has 0 amide bonds. The third kappa shape index (κ3) is 4.06. The topological polar surface area (TPSA) is 38.3 Å². The average Bonchev–Trinajstić information content (AvgIpc) is 2.99. The fourth-order valence-electron chi connectivity index (χ4n) is 2.75. The molecule has 0 radical (unpaired) electrons. The van der Waals surface area contributed by atoms with Gasteiger partial charge in [-0.3, -0.25) is 4.21 Å². The van der Waals surface area contributed by atoms with Crippen LogP contribution < -0.4 is 10.1 Å². The molecule has 0 bridgehead atoms. The summed E-state index contributed by atoms with van der Waals surface area (Å²) in [5.74, 6) is 1.48. The molecule has 0 aliphatic heterocycles. The van der Waals surface area contributed by atoms with Crippen LogP contribution in [-0.2, 0) is 23.1 Å². The molecule has 2 rings (SSSR count). The minimum absolute atomic E-state index is 0.386. The Morgan fingerprint density at radius 2 is 2.10 bits per heavy atom. The average molecular weight is 295 g/mol. The van der Waals surface area contributed by atoms with Gasteiger partial charge in [-0.1, -0.05) is 25.8 Å². The van der Waals surface area contributed by atoms with Crippen molar-refractivity contribution < 1.29 is 8.95 Å². The molecule has 0 heterocycles. The van der Waals surface area contributed by atoms with Crippen LogP contribution in [0.4, 0.5) is 0 Å². The quantitative estimate of drug-likeness (QED) is 0.840. The first-order valence-electron chi connectivity index (χ1n) is 7.48. The third-order valence-electron chi connectivity index (χ3n) is 3.90. The Morgan fingerprint density at radius 1 is 1.35 bits per heavy atom. The number of benzene rings is 1. The first-order chi connectivity index (χ1) is 9.74. The summed E-state index contributed by atoms with van der Waals surface area (Å²) in [7, 11) is 0.909. The second-order valence-corrected chi connectivity index (χ2v) is 7.07. The summed E-state index contributed by atoms with van der Waals surface area (Å²) in [6.07, 6.45) is 4.69. The van der Waals surface area contributed by atoms with Crippen molar-refractivity contribution in [3.8, 4) is 5.75 Å². The number of rotatable bonds is 7. The van der Waals surface area contributed by atoms with Gasteiger partial charge >= 0.3 is 0 Å². The number of ether oxygens (including phenoxy) is 1. The van der Waals surface area contributed by atoms with E-state index in [1.165, 1.54) is 18.4 Å². The summed E-state index contributed by atoms with van der Waals surface area (Å²) in [5.41, 5.74) is 2.30. The maximum absolute atomic E-state index is 12.4. The smallest absolute Gasteiger partial charge is 0.123 e. The molecule has 1 unspecified atom stereocenters. The molecule has 3 nitrogen and oxygen atoms in total. The first kappa shape index (κ1) is 15.5. The lowest BCUT2D eigenvalue weighted by atomic mass is 10.1. The van der Waals surface area contributed by atoms with E-state index < -0.39 is 10.8 Å². The number of methoxy groups -OCH3 is 1. The summed E-state index contributed by atoms with van der Waals surface area (Å²) in [6.45, 7) is 3.90. The van der Waals surface area contributed by atoms with E-state index in [9.17, 15) is 4.21 Å². The Morgan fingerprint density at radius 3 is 2.75 bits per heavy atom. The van der Waals surface area contributed by atoms with Crippen molar-refractivity contribution in [3.05, 3.63) is 29.3 Å². The molecule has 0 saturated heterocycles. The summed E-state index contributed by atoms with van der Waals surface area (Å²) >= 11 is 0. The summed E-state index contributed by atoms with van der Waals surface area (Å²) in [6, 6.07) is 6.20. The maximum atomic E-state index is 12.4. The van der Waals surface area contributed by atoms with Crippen molar-refractivity contribution in [1.82, 2.24) is 5.32 Å². The molecule has 1 N–H and O–H groups in total. The van der Waals surface area contributed by atoms with E-state index in [0.29, 0.717) is 11.0 Å². The molecule has 4 heteroatoms. The normalized spacial score (nSPS) is 17.3. The van der Waals surface area contributed by atoms with Gasteiger partial charge in [-0.25, -0.2) is 0 Å². The van der Waals surface area contributed by atoms with E-state index in [1.54, 1.807) is 7.11 Å². The maximum Gasteiger partial charge on any atom is 0.123 e. The lowest BCUT2D eigenvalue weighted by Gasteiger charge is -2.13. The first-order valence-corrected chi connectivity index (χ1v) is 8.86. The van der Waals surface area contributed by atoms with E-state index in [-0.39, 0.29) is 0 Å². The highest BCUT2D eigenvalue weighted by atomic mass is 32.2. The van der Waals surface area contributed by atoms with Crippen LogP contribution in [0.2, 0.25) is 0 Å². The summed E-state index contributed by atoms with van der Waals surface area (Å²) < 4.78 is 17.9. The molecule has 1 aliphatic carbocycles. The second kappa shape index (κ2) is 7.79. The van der Waals surface area contributed by atoms with Crippen LogP contribution in [0.25, 0.3) is 0 Å². The Hall–Kier alpha value is -0.870. The van der Waals surface area contributed by atoms with Gasteiger partial charge in [0.2, 0.25) is 0 Å². The van der Waals surface area contributed by atoms with Crippen LogP contribution in [0, 0.1) is 0 Å². The molecule has 1 atom stereocenters. The molecule has 20 heavy (non-hydrogen) atoms. The SMILES string of the molecule is CCNCc1ccc(OC)c(CS(=O)C2CCCC2)c1. The second-order valence-electron chi connectivity index (χ2n) is 5.36. The van der Waals surface area contributed by atoms with Gasteiger partial charge < -0.3 is 10.1 Å². The Labute approximate surface area is 124 Å². The Kier molecular flexibility index (Phi) is 6.05. The van der Waals surface area contributed by atoms with Crippen LogP contribution in [0.1, 0.15) is 43.7 Å². The van der Waals surface area contributed by atoms with Gasteiger partial charge in [-0.15, -0.1) is 0 Å². The van der Waals surface area contributed by atoms with Gasteiger partial charge in [-0.05, 0) is 37.1 Å². The minimum atomic E-state index is -0.773. The monoisotopic (exact) mass is 295 g/mol. The lowest BCUT2D eigenvalue weighted by molar-refractivity contribution is 0.411. The van der Waals surface area contributed by atoms with E-state index >= 15 is 0 Å². The Balaban J connectivity index is 2.08. The lowest BCUT2D eigenvalue weighted by Crippen LogP contribution is -2.14. The van der Waals surface area contributed by atoms with E-state index in [1.807, 2.05) is 6.07 Å². The third-order valence-corrected chi connectivity index (χ3v) is 5.71. The van der Waals surface area contributed by atoms with E-state index in [2.05, 4.69) is 24.4 Å². The highest BCUT2D eigenvalue weighted by Crippen LogP contribution is 2.27. The largest absolute Gasteiger partial charge is 0.496 e. The van der Waals surface area contributed by atoms with Crippen molar-refractivity contribution >= 4 is 10.8 Å². The van der Waals surface area contributed by atoms with Crippen molar-refractivity contribution in [1.29, 1.82) is 0 Å². The Bertz CT molecular complexity index is 456. The van der Waals surface area contributed by atoms with Crippen LogP contribution in [0.5, 0.6) is 5.75 Å². The molecule has 112 valence electrons. The molecular formula is C16H25NO2S. The standard InChI is InChI=1S/C16H25NO2S/c1-3-17-11-13-8-9-16(19-2)14(10-13)12-20(18)15-6-4-5-7-15/h8-10,15,17H,3-7,11-12H2,1-2H3. The number of hydrogen-bond acceptors (Lipinski definition) is 3. The zero-order valence-electron chi connectivity index (χ0n) is 12.5. The predicted molar refractivity (Wildman–Crippen MR) is 84.5 cm³/mol. The van der Waals surface area contributed by atoms with Crippen molar-refractivity contribution in [3.63, 3.8) is 0 Å². The van der Waals surface area contributed by atoms with Gasteiger partial charge in [0.1, 0.15) is 5.75 Å². The zero-order chi connectivity index (χ0) is 14.4. The highest BCUT2D eigenvalue weighted by Gasteiger charge is 2.22. The van der Waals surface area contributed by atoms with Crippen LogP contribution in [0.15, 0.2) is 18.2 Å². The van der Waals surface area contributed by atoms with Gasteiger partial charge in [0.05, 0.1) is 12.9 Å². The van der Waals surface area contributed by atoms with E-state index in [4.69, 9.17) is 4.74 Å². The molecule has 0 aromatic heterocycles. The molecule has 1 aromatic carbocycles. The predicted octanol–water partition coefficient (Wildman–Crippen LogP) is 3.00. The minimum Gasteiger partial charge on any atom is -0.496 e. The molecule has 0 spiro atoms. The number of hydrogen-bond donors (Lipinski definition) is 1. The van der Waals surface area contributed by atoms with E-state index in [0.717, 1.165) is 37.2 Å². The molecule has 1 saturated carbocycles. The van der Waals surface area contributed by atoms with Crippen LogP contribution in [0.3, 0.4) is 0 Å². The summed E-state index contributed by atoms with van der Waals surface area (Å²) in [5, 5.41) is 3.71. The molecule has 1 aliphatic rings. The van der Waals surface area contributed by atoms with Crippen molar-refractivity contribution in [2.75, 3.05) is 13.7 Å². The molecule has 1 fully saturated rings. The van der Waals surface area contributed by atoms with Gasteiger partial charge in [0, 0.05) is 28.2 Å². The molecular weight excluding hydrogens is 270 g/mol. The van der Waals surface area contributed by atoms with Crippen molar-refractivity contribution in [2.45, 2.75) is 50.2 Å². The highest BCUT2D eigenvalue weighted by molar-refractivity contribution is 7.84. The fourth-order valence-corrected chi connectivity index (χ4v) is 4.37. The van der Waals surface area contributed by atoms with Crippen LogP contribution >= 0.6 is 0 Å². The fraction of sp³-hybridized carbons (Fsp3) is 0.625. The summed E-state index contributed by atoms with van der Waals surface area (Å²) in [4.78, 5) is 0. The molecule has 1 aromatic rings. The number of nitrogens with one attached hydrogen (secondary N) is 1. The van der Waals surface area contributed by atoms with Gasteiger partial charge in [-0.2, -0.15) is 0 Å². The van der Waals surface area contributed by atoms with Gasteiger partial charge in [0.15, 0.2) is 0 Å².